The van der Waals surface area contributed by atoms with E-state index in [4.69, 9.17) is 4.98 Å². The Balaban J connectivity index is 1.82. The predicted molar refractivity (Wildman–Crippen MR) is 97.8 cm³/mol. The van der Waals surface area contributed by atoms with Crippen LogP contribution in [0.3, 0.4) is 0 Å². The summed E-state index contributed by atoms with van der Waals surface area (Å²) in [6.07, 6.45) is 0. The summed E-state index contributed by atoms with van der Waals surface area (Å²) < 4.78 is 13.3. The molecule has 0 atom stereocenters. The maximum atomic E-state index is 13.3. The molecule has 0 aliphatic rings. The Morgan fingerprint density at radius 1 is 1.04 bits per heavy atom. The monoisotopic (exact) mass is 323 g/mol. The lowest BCUT2D eigenvalue weighted by Crippen LogP contribution is -2.18. The van der Waals surface area contributed by atoms with Crippen molar-refractivity contribution in [2.75, 3.05) is 19.0 Å². The number of benzene rings is 2. The second-order valence-corrected chi connectivity index (χ2v) is 6.30. The van der Waals surface area contributed by atoms with Crippen molar-refractivity contribution < 1.29 is 4.39 Å². The number of anilines is 1. The van der Waals surface area contributed by atoms with Gasteiger partial charge in [-0.3, -0.25) is 0 Å². The average Bonchev–Trinajstić information content (AvgIpc) is 2.54. The molecule has 0 unspecified atom stereocenters. The third-order valence-corrected chi connectivity index (χ3v) is 3.99. The van der Waals surface area contributed by atoms with E-state index in [9.17, 15) is 4.39 Å². The zero-order valence-electron chi connectivity index (χ0n) is 14.3. The van der Waals surface area contributed by atoms with Gasteiger partial charge in [0.25, 0.3) is 0 Å². The molecule has 1 aromatic heterocycles. The van der Waals surface area contributed by atoms with Crippen LogP contribution >= 0.6 is 0 Å². The second-order valence-electron chi connectivity index (χ2n) is 6.30. The molecule has 0 aliphatic heterocycles. The van der Waals surface area contributed by atoms with Crippen molar-refractivity contribution in [2.24, 2.45) is 0 Å². The Labute approximate surface area is 142 Å². The van der Waals surface area contributed by atoms with Crippen LogP contribution in [0.25, 0.3) is 10.9 Å². The molecule has 0 spiro atoms. The molecule has 1 heterocycles. The zero-order chi connectivity index (χ0) is 17.1. The van der Waals surface area contributed by atoms with Crippen LogP contribution < -0.4 is 10.2 Å². The summed E-state index contributed by atoms with van der Waals surface area (Å²) >= 11 is 0. The van der Waals surface area contributed by atoms with Crippen molar-refractivity contribution in [1.29, 1.82) is 0 Å². The largest absolute Gasteiger partial charge is 0.362 e. The summed E-state index contributed by atoms with van der Waals surface area (Å²) in [7, 11) is 4.00. The minimum Gasteiger partial charge on any atom is -0.362 e. The zero-order valence-corrected chi connectivity index (χ0v) is 14.3. The number of nitrogens with zero attached hydrogens (tertiary/aromatic N) is 2. The maximum Gasteiger partial charge on any atom is 0.133 e. The Hall–Kier alpha value is -2.46. The van der Waals surface area contributed by atoms with Crippen molar-refractivity contribution in [2.45, 2.75) is 20.0 Å². The molecule has 3 rings (SSSR count). The Morgan fingerprint density at radius 2 is 1.88 bits per heavy atom. The fraction of sp³-hybridized carbons (Fsp3) is 0.250. The van der Waals surface area contributed by atoms with Gasteiger partial charge in [-0.25, -0.2) is 9.37 Å². The molecule has 3 nitrogen and oxygen atoms in total. The number of aryl methyl sites for hydroxylation is 1. The van der Waals surface area contributed by atoms with E-state index in [1.807, 2.05) is 25.1 Å². The molecule has 2 aromatic carbocycles. The summed E-state index contributed by atoms with van der Waals surface area (Å²) in [5, 5.41) is 4.52. The van der Waals surface area contributed by atoms with Gasteiger partial charge < -0.3 is 10.2 Å². The van der Waals surface area contributed by atoms with Crippen LogP contribution in [0.5, 0.6) is 0 Å². The third kappa shape index (κ3) is 3.71. The topological polar surface area (TPSA) is 28.2 Å². The smallest absolute Gasteiger partial charge is 0.133 e. The number of rotatable bonds is 5. The van der Waals surface area contributed by atoms with Crippen LogP contribution in [-0.2, 0) is 13.1 Å². The SMILES string of the molecule is Cc1ccc2cc(CNCc3cccc(F)c3)c(N(C)C)nc2c1. The molecule has 0 saturated heterocycles. The van der Waals surface area contributed by atoms with E-state index >= 15 is 0 Å². The molecule has 24 heavy (non-hydrogen) atoms. The highest BCUT2D eigenvalue weighted by Crippen LogP contribution is 2.23. The minimum absolute atomic E-state index is 0.203. The molecule has 124 valence electrons. The van der Waals surface area contributed by atoms with Gasteiger partial charge in [0, 0.05) is 38.1 Å². The number of hydrogen-bond acceptors (Lipinski definition) is 3. The first-order valence-electron chi connectivity index (χ1n) is 8.06. The fourth-order valence-electron chi connectivity index (χ4n) is 2.82. The molecule has 0 fully saturated rings. The van der Waals surface area contributed by atoms with E-state index in [2.05, 4.69) is 36.5 Å². The molecule has 0 bridgehead atoms. The number of halogens is 1. The van der Waals surface area contributed by atoms with Crippen molar-refractivity contribution in [3.05, 3.63) is 71.0 Å². The summed E-state index contributed by atoms with van der Waals surface area (Å²) in [6, 6.07) is 15.2. The van der Waals surface area contributed by atoms with Crippen LogP contribution in [0.2, 0.25) is 0 Å². The van der Waals surface area contributed by atoms with Gasteiger partial charge in [-0.05, 0) is 42.3 Å². The summed E-state index contributed by atoms with van der Waals surface area (Å²) in [5.74, 6) is 0.755. The highest BCUT2D eigenvalue weighted by Gasteiger charge is 2.09. The molecule has 1 N–H and O–H groups in total. The van der Waals surface area contributed by atoms with Gasteiger partial charge in [0.05, 0.1) is 5.52 Å². The van der Waals surface area contributed by atoms with Crippen molar-refractivity contribution in [3.8, 4) is 0 Å². The van der Waals surface area contributed by atoms with E-state index in [0.717, 1.165) is 27.8 Å². The van der Waals surface area contributed by atoms with Gasteiger partial charge in [0.2, 0.25) is 0 Å². The summed E-state index contributed by atoms with van der Waals surface area (Å²) in [5.41, 5.74) is 4.28. The van der Waals surface area contributed by atoms with Gasteiger partial charge in [-0.2, -0.15) is 0 Å². The van der Waals surface area contributed by atoms with Crippen LogP contribution in [0.15, 0.2) is 48.5 Å². The van der Waals surface area contributed by atoms with Crippen molar-refractivity contribution in [3.63, 3.8) is 0 Å². The lowest BCUT2D eigenvalue weighted by Gasteiger charge is -2.18. The number of hydrogen-bond donors (Lipinski definition) is 1. The van der Waals surface area contributed by atoms with E-state index in [1.54, 1.807) is 12.1 Å². The van der Waals surface area contributed by atoms with Gasteiger partial charge >= 0.3 is 0 Å². The minimum atomic E-state index is -0.203. The van der Waals surface area contributed by atoms with Crippen LogP contribution in [0.4, 0.5) is 10.2 Å². The Bertz CT molecular complexity index is 859. The first-order valence-corrected chi connectivity index (χ1v) is 8.06. The van der Waals surface area contributed by atoms with E-state index in [-0.39, 0.29) is 5.82 Å². The van der Waals surface area contributed by atoms with E-state index in [1.165, 1.54) is 11.6 Å². The second kappa shape index (κ2) is 6.97. The first kappa shape index (κ1) is 16.4. The van der Waals surface area contributed by atoms with Gasteiger partial charge in [-0.1, -0.05) is 24.3 Å². The van der Waals surface area contributed by atoms with E-state index in [0.29, 0.717) is 13.1 Å². The van der Waals surface area contributed by atoms with E-state index < -0.39 is 0 Å². The van der Waals surface area contributed by atoms with Gasteiger partial charge in [-0.15, -0.1) is 0 Å². The number of aromatic nitrogens is 1. The Morgan fingerprint density at radius 3 is 2.62 bits per heavy atom. The van der Waals surface area contributed by atoms with Crippen molar-refractivity contribution in [1.82, 2.24) is 10.3 Å². The van der Waals surface area contributed by atoms with Crippen LogP contribution in [0.1, 0.15) is 16.7 Å². The molecule has 4 heteroatoms. The molecule has 0 radical (unpaired) electrons. The number of fused-ring (bicyclic) bond motifs is 1. The number of nitrogens with one attached hydrogen (secondary N) is 1. The molecule has 0 amide bonds. The first-order chi connectivity index (χ1) is 11.5. The lowest BCUT2D eigenvalue weighted by molar-refractivity contribution is 0.620. The summed E-state index contributed by atoms with van der Waals surface area (Å²) in [4.78, 5) is 6.83. The quantitative estimate of drug-likeness (QED) is 0.768. The third-order valence-electron chi connectivity index (χ3n) is 3.99. The molecule has 0 saturated carbocycles. The summed E-state index contributed by atoms with van der Waals surface area (Å²) in [6.45, 7) is 3.38. The van der Waals surface area contributed by atoms with Crippen molar-refractivity contribution >= 4 is 16.7 Å². The number of pyridine rings is 1. The standard InChI is InChI=1S/C20H22FN3/c1-14-7-8-16-11-17(20(24(2)3)23-19(16)9-14)13-22-12-15-5-4-6-18(21)10-15/h4-11,22H,12-13H2,1-3H3. The Kier molecular flexibility index (Phi) is 4.76. The highest BCUT2D eigenvalue weighted by molar-refractivity contribution is 5.82. The van der Waals surface area contributed by atoms with Gasteiger partial charge in [0.1, 0.15) is 11.6 Å². The predicted octanol–water partition coefficient (Wildman–Crippen LogP) is 4.04. The molecule has 3 aromatic rings. The highest BCUT2D eigenvalue weighted by atomic mass is 19.1. The molecular formula is C20H22FN3. The van der Waals surface area contributed by atoms with Gasteiger partial charge in [0.15, 0.2) is 0 Å². The fourth-order valence-corrected chi connectivity index (χ4v) is 2.82. The normalized spacial score (nSPS) is 11.0. The average molecular weight is 323 g/mol. The van der Waals surface area contributed by atoms with Crippen LogP contribution in [-0.4, -0.2) is 19.1 Å². The lowest BCUT2D eigenvalue weighted by atomic mass is 10.1. The van der Waals surface area contributed by atoms with Crippen LogP contribution in [0, 0.1) is 12.7 Å². The maximum absolute atomic E-state index is 13.3. The molecule has 0 aliphatic carbocycles. The molecular weight excluding hydrogens is 301 g/mol.